The zero-order chi connectivity index (χ0) is 15.2. The van der Waals surface area contributed by atoms with Crippen molar-refractivity contribution in [2.24, 2.45) is 0 Å². The van der Waals surface area contributed by atoms with Gasteiger partial charge in [0.15, 0.2) is 6.61 Å². The van der Waals surface area contributed by atoms with Crippen LogP contribution in [-0.4, -0.2) is 24.6 Å². The summed E-state index contributed by atoms with van der Waals surface area (Å²) in [7, 11) is 1.30. The monoisotopic (exact) mass is 287 g/mol. The van der Waals surface area contributed by atoms with Crippen LogP contribution >= 0.6 is 0 Å². The maximum Gasteiger partial charge on any atom is 0.343 e. The van der Waals surface area contributed by atoms with Gasteiger partial charge < -0.3 is 9.47 Å². The molecule has 0 saturated carbocycles. The van der Waals surface area contributed by atoms with Gasteiger partial charge in [-0.15, -0.1) is 0 Å². The van der Waals surface area contributed by atoms with E-state index in [0.717, 1.165) is 11.1 Å². The number of non-ortho nitro benzene ring substituents is 1. The maximum absolute atomic E-state index is 11.0. The van der Waals surface area contributed by atoms with Crippen LogP contribution in [0.15, 0.2) is 48.5 Å². The first kappa shape index (κ1) is 14.5. The number of nitro benzene ring substituents is 1. The van der Waals surface area contributed by atoms with Crippen LogP contribution in [0.5, 0.6) is 5.75 Å². The van der Waals surface area contributed by atoms with Gasteiger partial charge in [0.25, 0.3) is 5.69 Å². The first-order valence-corrected chi connectivity index (χ1v) is 6.14. The van der Waals surface area contributed by atoms with E-state index in [9.17, 15) is 14.9 Å². The molecule has 0 aliphatic rings. The number of carbonyl (C=O) groups is 1. The van der Waals surface area contributed by atoms with Crippen LogP contribution in [0.4, 0.5) is 5.69 Å². The van der Waals surface area contributed by atoms with E-state index in [-0.39, 0.29) is 12.3 Å². The Morgan fingerprint density at radius 3 is 2.05 bits per heavy atom. The van der Waals surface area contributed by atoms with Crippen LogP contribution in [0, 0.1) is 10.1 Å². The molecule has 6 nitrogen and oxygen atoms in total. The van der Waals surface area contributed by atoms with Crippen LogP contribution in [0.3, 0.4) is 0 Å². The Bertz CT molecular complexity index is 634. The highest BCUT2D eigenvalue weighted by atomic mass is 16.6. The lowest BCUT2D eigenvalue weighted by Crippen LogP contribution is -2.12. The molecule has 0 N–H and O–H groups in total. The quantitative estimate of drug-likeness (QED) is 0.480. The summed E-state index contributed by atoms with van der Waals surface area (Å²) < 4.78 is 9.71. The van der Waals surface area contributed by atoms with Crippen molar-refractivity contribution in [3.8, 4) is 16.9 Å². The second kappa shape index (κ2) is 6.51. The van der Waals surface area contributed by atoms with Crippen molar-refractivity contribution in [3.05, 3.63) is 58.6 Å². The lowest BCUT2D eigenvalue weighted by molar-refractivity contribution is -0.384. The van der Waals surface area contributed by atoms with E-state index in [4.69, 9.17) is 4.74 Å². The van der Waals surface area contributed by atoms with E-state index >= 15 is 0 Å². The van der Waals surface area contributed by atoms with Crippen LogP contribution in [0.2, 0.25) is 0 Å². The van der Waals surface area contributed by atoms with Gasteiger partial charge in [0.2, 0.25) is 0 Å². The van der Waals surface area contributed by atoms with Crippen molar-refractivity contribution in [1.82, 2.24) is 0 Å². The molecule has 0 bridgehead atoms. The van der Waals surface area contributed by atoms with Crippen molar-refractivity contribution >= 4 is 11.7 Å². The number of carbonyl (C=O) groups excluding carboxylic acids is 1. The van der Waals surface area contributed by atoms with Crippen LogP contribution in [0.25, 0.3) is 11.1 Å². The van der Waals surface area contributed by atoms with Gasteiger partial charge in [-0.25, -0.2) is 4.79 Å². The Kier molecular flexibility index (Phi) is 4.50. The molecule has 0 aliphatic carbocycles. The Balaban J connectivity index is 2.07. The van der Waals surface area contributed by atoms with Gasteiger partial charge in [0, 0.05) is 12.1 Å². The molecule has 21 heavy (non-hydrogen) atoms. The smallest absolute Gasteiger partial charge is 0.343 e. The fourth-order valence-electron chi connectivity index (χ4n) is 1.72. The van der Waals surface area contributed by atoms with E-state index in [1.54, 1.807) is 24.3 Å². The second-order valence-electron chi connectivity index (χ2n) is 4.19. The van der Waals surface area contributed by atoms with Gasteiger partial charge in [-0.3, -0.25) is 10.1 Å². The lowest BCUT2D eigenvalue weighted by Gasteiger charge is -2.06. The summed E-state index contributed by atoms with van der Waals surface area (Å²) in [6.07, 6.45) is 0. The van der Waals surface area contributed by atoms with E-state index in [1.807, 2.05) is 12.1 Å². The molecule has 0 spiro atoms. The third-order valence-corrected chi connectivity index (χ3v) is 2.85. The minimum atomic E-state index is -0.450. The van der Waals surface area contributed by atoms with Gasteiger partial charge in [-0.2, -0.15) is 0 Å². The molecule has 0 aliphatic heterocycles. The Morgan fingerprint density at radius 2 is 1.57 bits per heavy atom. The molecule has 0 atom stereocenters. The zero-order valence-electron chi connectivity index (χ0n) is 11.3. The Labute approximate surface area is 121 Å². The maximum atomic E-state index is 11.0. The van der Waals surface area contributed by atoms with E-state index in [1.165, 1.54) is 19.2 Å². The molecule has 6 heteroatoms. The highest BCUT2D eigenvalue weighted by Gasteiger charge is 2.06. The van der Waals surface area contributed by atoms with Gasteiger partial charge in [0.1, 0.15) is 5.75 Å². The minimum absolute atomic E-state index is 0.0526. The summed E-state index contributed by atoms with van der Waals surface area (Å²) in [4.78, 5) is 21.1. The zero-order valence-corrected chi connectivity index (χ0v) is 11.3. The summed E-state index contributed by atoms with van der Waals surface area (Å²) in [5.41, 5.74) is 1.81. The largest absolute Gasteiger partial charge is 0.482 e. The Hall–Kier alpha value is -2.89. The molecule has 0 amide bonds. The molecule has 108 valence electrons. The van der Waals surface area contributed by atoms with Gasteiger partial charge in [0.05, 0.1) is 12.0 Å². The van der Waals surface area contributed by atoms with Crippen molar-refractivity contribution in [1.29, 1.82) is 0 Å². The molecule has 0 heterocycles. The van der Waals surface area contributed by atoms with Crippen molar-refractivity contribution in [3.63, 3.8) is 0 Å². The number of methoxy groups -OCH3 is 1. The van der Waals surface area contributed by atoms with Gasteiger partial charge in [-0.1, -0.05) is 12.1 Å². The minimum Gasteiger partial charge on any atom is -0.482 e. The van der Waals surface area contributed by atoms with E-state index in [2.05, 4.69) is 4.74 Å². The topological polar surface area (TPSA) is 78.7 Å². The molecule has 0 aromatic heterocycles. The number of hydrogen-bond donors (Lipinski definition) is 0. The SMILES string of the molecule is COC(=O)COc1ccc(-c2ccc([N+](=O)[O-])cc2)cc1. The van der Waals surface area contributed by atoms with Gasteiger partial charge in [-0.05, 0) is 35.4 Å². The second-order valence-corrected chi connectivity index (χ2v) is 4.19. The van der Waals surface area contributed by atoms with Crippen LogP contribution < -0.4 is 4.74 Å². The number of esters is 1. The third kappa shape index (κ3) is 3.79. The Morgan fingerprint density at radius 1 is 1.05 bits per heavy atom. The summed E-state index contributed by atoms with van der Waals surface area (Å²) in [6, 6.07) is 13.3. The number of hydrogen-bond acceptors (Lipinski definition) is 5. The van der Waals surface area contributed by atoms with Crippen LogP contribution in [0.1, 0.15) is 0 Å². The van der Waals surface area contributed by atoms with Crippen LogP contribution in [-0.2, 0) is 9.53 Å². The number of ether oxygens (including phenoxy) is 2. The molecular weight excluding hydrogens is 274 g/mol. The fraction of sp³-hybridized carbons (Fsp3) is 0.133. The molecule has 2 aromatic carbocycles. The molecule has 2 aromatic rings. The van der Waals surface area contributed by atoms with Crippen molar-refractivity contribution < 1.29 is 19.2 Å². The number of nitro groups is 1. The summed E-state index contributed by atoms with van der Waals surface area (Å²) in [5, 5.41) is 10.6. The summed E-state index contributed by atoms with van der Waals surface area (Å²) in [5.74, 6) is 0.0977. The molecule has 0 fully saturated rings. The molecule has 0 unspecified atom stereocenters. The number of nitrogens with zero attached hydrogens (tertiary/aromatic N) is 1. The average molecular weight is 287 g/mol. The standard InChI is InChI=1S/C15H13NO5/c1-20-15(17)10-21-14-8-4-12(5-9-14)11-2-6-13(7-3-11)16(18)19/h2-9H,10H2,1H3. The molecular formula is C15H13NO5. The lowest BCUT2D eigenvalue weighted by atomic mass is 10.1. The number of rotatable bonds is 5. The highest BCUT2D eigenvalue weighted by molar-refractivity contribution is 5.71. The normalized spacial score (nSPS) is 9.95. The summed E-state index contributed by atoms with van der Waals surface area (Å²) >= 11 is 0. The number of benzene rings is 2. The summed E-state index contributed by atoms with van der Waals surface area (Å²) in [6.45, 7) is -0.145. The van der Waals surface area contributed by atoms with Crippen molar-refractivity contribution in [2.75, 3.05) is 13.7 Å². The van der Waals surface area contributed by atoms with Gasteiger partial charge >= 0.3 is 5.97 Å². The average Bonchev–Trinajstić information content (AvgIpc) is 2.53. The third-order valence-electron chi connectivity index (χ3n) is 2.85. The van der Waals surface area contributed by atoms with Crippen molar-refractivity contribution in [2.45, 2.75) is 0 Å². The van der Waals surface area contributed by atoms with E-state index < -0.39 is 10.9 Å². The first-order valence-electron chi connectivity index (χ1n) is 6.14. The fourth-order valence-corrected chi connectivity index (χ4v) is 1.72. The molecule has 0 radical (unpaired) electrons. The highest BCUT2D eigenvalue weighted by Crippen LogP contribution is 2.24. The molecule has 0 saturated heterocycles. The first-order chi connectivity index (χ1) is 10.1. The predicted octanol–water partition coefficient (Wildman–Crippen LogP) is 2.81. The predicted molar refractivity (Wildman–Crippen MR) is 76.0 cm³/mol. The van der Waals surface area contributed by atoms with E-state index in [0.29, 0.717) is 5.75 Å². The molecule has 2 rings (SSSR count).